The molecule has 34 heavy (non-hydrogen) atoms. The first kappa shape index (κ1) is 25.3. The van der Waals surface area contributed by atoms with Gasteiger partial charge in [0.15, 0.2) is 0 Å². The topological polar surface area (TPSA) is 87.7 Å². The highest BCUT2D eigenvalue weighted by molar-refractivity contribution is 5.94. The minimum absolute atomic E-state index is 0.0512. The lowest BCUT2D eigenvalue weighted by Gasteiger charge is -2.32. The number of carbonyl (C=O) groups excluding carboxylic acids is 3. The molecule has 0 radical (unpaired) electrons. The highest BCUT2D eigenvalue weighted by Crippen LogP contribution is 2.22. The van der Waals surface area contributed by atoms with E-state index in [0.717, 1.165) is 24.0 Å². The van der Waals surface area contributed by atoms with Crippen molar-refractivity contribution in [2.24, 2.45) is 5.92 Å². The van der Waals surface area contributed by atoms with E-state index in [9.17, 15) is 14.4 Å². The number of ether oxygens (including phenoxy) is 1. The number of likely N-dealkylation sites (tertiary alicyclic amines) is 1. The van der Waals surface area contributed by atoms with E-state index in [1.54, 1.807) is 20.8 Å². The predicted molar refractivity (Wildman–Crippen MR) is 132 cm³/mol. The SMILES string of the molecule is CC(C)(C)OC(=O)NCCC(=O)NCC1CCN(C(=O)c2ccc(-c3ccccc3)cc2)CC1. The van der Waals surface area contributed by atoms with Gasteiger partial charge in [0.1, 0.15) is 5.60 Å². The largest absolute Gasteiger partial charge is 0.444 e. The first-order valence-electron chi connectivity index (χ1n) is 11.9. The van der Waals surface area contributed by atoms with Crippen LogP contribution in [0.3, 0.4) is 0 Å². The van der Waals surface area contributed by atoms with E-state index >= 15 is 0 Å². The third kappa shape index (κ3) is 7.90. The van der Waals surface area contributed by atoms with Gasteiger partial charge in [0.05, 0.1) is 0 Å². The lowest BCUT2D eigenvalue weighted by atomic mass is 9.96. The molecule has 1 aliphatic rings. The van der Waals surface area contributed by atoms with Crippen LogP contribution in [0, 0.1) is 5.92 Å². The summed E-state index contributed by atoms with van der Waals surface area (Å²) in [4.78, 5) is 38.5. The van der Waals surface area contributed by atoms with Gasteiger partial charge in [-0.2, -0.15) is 0 Å². The Hall–Kier alpha value is -3.35. The van der Waals surface area contributed by atoms with Crippen molar-refractivity contribution in [3.05, 3.63) is 60.2 Å². The van der Waals surface area contributed by atoms with Crippen LogP contribution in [0.25, 0.3) is 11.1 Å². The fraction of sp³-hybridized carbons (Fsp3) is 0.444. The summed E-state index contributed by atoms with van der Waals surface area (Å²) >= 11 is 0. The van der Waals surface area contributed by atoms with Gasteiger partial charge in [-0.25, -0.2) is 4.79 Å². The second-order valence-corrected chi connectivity index (χ2v) is 9.66. The molecule has 7 nitrogen and oxygen atoms in total. The highest BCUT2D eigenvalue weighted by atomic mass is 16.6. The number of rotatable bonds is 7. The smallest absolute Gasteiger partial charge is 0.407 e. The molecule has 1 heterocycles. The van der Waals surface area contributed by atoms with E-state index in [1.165, 1.54) is 0 Å². The molecule has 1 fully saturated rings. The fourth-order valence-electron chi connectivity index (χ4n) is 3.90. The van der Waals surface area contributed by atoms with Crippen LogP contribution in [-0.2, 0) is 9.53 Å². The van der Waals surface area contributed by atoms with Crippen LogP contribution >= 0.6 is 0 Å². The fourth-order valence-corrected chi connectivity index (χ4v) is 3.90. The summed E-state index contributed by atoms with van der Waals surface area (Å²) in [5.74, 6) is 0.288. The molecule has 7 heteroatoms. The third-order valence-electron chi connectivity index (χ3n) is 5.75. The molecular weight excluding hydrogens is 430 g/mol. The van der Waals surface area contributed by atoms with Gasteiger partial charge in [-0.05, 0) is 62.8 Å². The van der Waals surface area contributed by atoms with Gasteiger partial charge in [-0.15, -0.1) is 0 Å². The Kier molecular flexibility index (Phi) is 8.68. The summed E-state index contributed by atoms with van der Waals surface area (Å²) in [5, 5.41) is 5.53. The molecule has 0 aliphatic carbocycles. The molecule has 1 saturated heterocycles. The van der Waals surface area contributed by atoms with Crippen molar-refractivity contribution in [1.29, 1.82) is 0 Å². The number of piperidine rings is 1. The van der Waals surface area contributed by atoms with Gasteiger partial charge < -0.3 is 20.3 Å². The second-order valence-electron chi connectivity index (χ2n) is 9.66. The normalized spacial score (nSPS) is 14.4. The Balaban J connectivity index is 1.36. The van der Waals surface area contributed by atoms with E-state index in [-0.39, 0.29) is 24.8 Å². The van der Waals surface area contributed by atoms with Crippen LogP contribution in [-0.4, -0.2) is 54.6 Å². The van der Waals surface area contributed by atoms with Crippen molar-refractivity contribution in [3.8, 4) is 11.1 Å². The van der Waals surface area contributed by atoms with Crippen LogP contribution < -0.4 is 10.6 Å². The molecule has 3 amide bonds. The van der Waals surface area contributed by atoms with Crippen LogP contribution in [0.1, 0.15) is 50.4 Å². The van der Waals surface area contributed by atoms with Crippen molar-refractivity contribution in [1.82, 2.24) is 15.5 Å². The van der Waals surface area contributed by atoms with E-state index in [2.05, 4.69) is 22.8 Å². The first-order chi connectivity index (χ1) is 16.2. The average Bonchev–Trinajstić information content (AvgIpc) is 2.82. The number of benzene rings is 2. The van der Waals surface area contributed by atoms with Crippen molar-refractivity contribution in [3.63, 3.8) is 0 Å². The zero-order chi connectivity index (χ0) is 24.6. The van der Waals surface area contributed by atoms with Crippen molar-refractivity contribution >= 4 is 17.9 Å². The van der Waals surface area contributed by atoms with Crippen LogP contribution in [0.15, 0.2) is 54.6 Å². The molecule has 0 aromatic heterocycles. The maximum absolute atomic E-state index is 12.9. The monoisotopic (exact) mass is 465 g/mol. The van der Waals surface area contributed by atoms with Gasteiger partial charge in [0, 0.05) is 38.2 Å². The van der Waals surface area contributed by atoms with Gasteiger partial charge in [-0.1, -0.05) is 42.5 Å². The van der Waals surface area contributed by atoms with E-state index in [4.69, 9.17) is 4.74 Å². The van der Waals surface area contributed by atoms with E-state index < -0.39 is 11.7 Å². The van der Waals surface area contributed by atoms with Crippen LogP contribution in [0.4, 0.5) is 4.79 Å². The zero-order valence-corrected chi connectivity index (χ0v) is 20.3. The van der Waals surface area contributed by atoms with E-state index in [0.29, 0.717) is 31.1 Å². The molecule has 2 N–H and O–H groups in total. The van der Waals surface area contributed by atoms with Crippen molar-refractivity contribution in [2.45, 2.75) is 45.6 Å². The number of hydrogen-bond acceptors (Lipinski definition) is 4. The minimum atomic E-state index is -0.561. The minimum Gasteiger partial charge on any atom is -0.444 e. The number of nitrogens with zero attached hydrogens (tertiary/aromatic N) is 1. The number of carbonyl (C=O) groups is 3. The molecule has 0 bridgehead atoms. The summed E-state index contributed by atoms with van der Waals surface area (Å²) < 4.78 is 5.15. The Morgan fingerprint density at radius 2 is 1.53 bits per heavy atom. The lowest BCUT2D eigenvalue weighted by molar-refractivity contribution is -0.121. The number of hydrogen-bond donors (Lipinski definition) is 2. The summed E-state index contributed by atoms with van der Waals surface area (Å²) in [6.07, 6.45) is 1.39. The Bertz CT molecular complexity index is 960. The quantitative estimate of drug-likeness (QED) is 0.640. The van der Waals surface area contributed by atoms with Gasteiger partial charge in [-0.3, -0.25) is 9.59 Å². The Morgan fingerprint density at radius 3 is 2.15 bits per heavy atom. The summed E-state index contributed by atoms with van der Waals surface area (Å²) in [6, 6.07) is 17.9. The number of alkyl carbamates (subject to hydrolysis) is 1. The standard InChI is InChI=1S/C27H35N3O4/c1-27(2,3)34-26(33)28-16-13-24(31)29-19-20-14-17-30(18-15-20)25(32)23-11-9-22(10-12-23)21-7-5-4-6-8-21/h4-12,20H,13-19H2,1-3H3,(H,28,33)(H,29,31). The molecule has 182 valence electrons. The van der Waals surface area contributed by atoms with Crippen molar-refractivity contribution < 1.29 is 19.1 Å². The zero-order valence-electron chi connectivity index (χ0n) is 20.3. The summed E-state index contributed by atoms with van der Waals surface area (Å²) in [5.41, 5.74) is 2.36. The highest BCUT2D eigenvalue weighted by Gasteiger charge is 2.24. The van der Waals surface area contributed by atoms with Gasteiger partial charge >= 0.3 is 6.09 Å². The molecule has 0 spiro atoms. The summed E-state index contributed by atoms with van der Waals surface area (Å²) in [7, 11) is 0. The first-order valence-corrected chi connectivity index (χ1v) is 11.9. The molecule has 0 atom stereocenters. The number of nitrogens with one attached hydrogen (secondary N) is 2. The Morgan fingerprint density at radius 1 is 0.912 bits per heavy atom. The lowest BCUT2D eigenvalue weighted by Crippen LogP contribution is -2.42. The van der Waals surface area contributed by atoms with Gasteiger partial charge in [0.2, 0.25) is 5.91 Å². The molecule has 3 rings (SSSR count). The Labute approximate surface area is 201 Å². The predicted octanol–water partition coefficient (Wildman–Crippen LogP) is 4.24. The second kappa shape index (κ2) is 11.7. The summed E-state index contributed by atoms with van der Waals surface area (Å²) in [6.45, 7) is 7.55. The third-order valence-corrected chi connectivity index (χ3v) is 5.75. The number of amides is 3. The molecule has 2 aromatic carbocycles. The average molecular weight is 466 g/mol. The van der Waals surface area contributed by atoms with Crippen molar-refractivity contribution in [2.75, 3.05) is 26.2 Å². The van der Waals surface area contributed by atoms with Crippen LogP contribution in [0.5, 0.6) is 0 Å². The van der Waals surface area contributed by atoms with Crippen LogP contribution in [0.2, 0.25) is 0 Å². The van der Waals surface area contributed by atoms with E-state index in [1.807, 2.05) is 47.4 Å². The molecule has 0 unspecified atom stereocenters. The molecule has 1 aliphatic heterocycles. The molecule has 2 aromatic rings. The maximum atomic E-state index is 12.9. The molecular formula is C27H35N3O4. The molecule has 0 saturated carbocycles. The van der Waals surface area contributed by atoms with Gasteiger partial charge in [0.25, 0.3) is 5.91 Å². The maximum Gasteiger partial charge on any atom is 0.407 e.